The van der Waals surface area contributed by atoms with Crippen molar-refractivity contribution >= 4 is 41.3 Å². The van der Waals surface area contributed by atoms with Crippen LogP contribution in [-0.2, 0) is 0 Å². The maximum Gasteiger partial charge on any atom is 0.191 e. The highest BCUT2D eigenvalue weighted by molar-refractivity contribution is 14.0. The number of hydrogen-bond acceptors (Lipinski definition) is 3. The van der Waals surface area contributed by atoms with Gasteiger partial charge in [-0.15, -0.1) is 35.3 Å². The Hall–Kier alpha value is -0.340. The van der Waals surface area contributed by atoms with Crippen molar-refractivity contribution in [1.29, 1.82) is 0 Å². The maximum absolute atomic E-state index is 4.38. The number of aliphatic imine (C=N–C) groups is 1. The van der Waals surface area contributed by atoms with Gasteiger partial charge in [-0.2, -0.15) is 0 Å². The van der Waals surface area contributed by atoms with Gasteiger partial charge in [0.1, 0.15) is 0 Å². The average Bonchev–Trinajstić information content (AvgIpc) is 2.99. The van der Waals surface area contributed by atoms with Gasteiger partial charge in [-0.25, -0.2) is 0 Å². The zero-order valence-corrected chi connectivity index (χ0v) is 17.3. The molecule has 2 N–H and O–H groups in total. The lowest BCUT2D eigenvalue weighted by molar-refractivity contribution is 0.125. The normalized spacial score (nSPS) is 26.3. The van der Waals surface area contributed by atoms with Crippen molar-refractivity contribution in [2.45, 2.75) is 44.2 Å². The summed E-state index contributed by atoms with van der Waals surface area (Å²) in [5.41, 5.74) is 0. The summed E-state index contributed by atoms with van der Waals surface area (Å²) < 4.78 is 0. The first-order chi connectivity index (χ1) is 10.8. The molecule has 0 radical (unpaired) electrons. The van der Waals surface area contributed by atoms with E-state index in [-0.39, 0.29) is 24.0 Å². The minimum absolute atomic E-state index is 0. The standard InChI is InChI=1S/C17H28N4S.HI/c1-18-17(20-14-7-3-8-14)19-12-13-6-4-10-21(2)16(13)15-9-5-11-22-15;/h5,9,11,13-14,16H,3-4,6-8,10,12H2,1-2H3,(H2,18,19,20);1H. The molecule has 23 heavy (non-hydrogen) atoms. The molecule has 0 aromatic carbocycles. The molecule has 2 aliphatic rings. The van der Waals surface area contributed by atoms with Gasteiger partial charge in [-0.1, -0.05) is 6.07 Å². The zero-order valence-electron chi connectivity index (χ0n) is 14.1. The lowest BCUT2D eigenvalue weighted by Gasteiger charge is -2.39. The van der Waals surface area contributed by atoms with Crippen molar-refractivity contribution < 1.29 is 0 Å². The Morgan fingerprint density at radius 2 is 2.17 bits per heavy atom. The van der Waals surface area contributed by atoms with Gasteiger partial charge < -0.3 is 10.6 Å². The van der Waals surface area contributed by atoms with Gasteiger partial charge in [0, 0.05) is 30.6 Å². The van der Waals surface area contributed by atoms with Gasteiger partial charge in [0.05, 0.1) is 0 Å². The molecule has 1 aliphatic carbocycles. The summed E-state index contributed by atoms with van der Waals surface area (Å²) in [6.45, 7) is 2.20. The molecule has 4 nitrogen and oxygen atoms in total. The molecule has 130 valence electrons. The predicted molar refractivity (Wildman–Crippen MR) is 110 cm³/mol. The van der Waals surface area contributed by atoms with Crippen LogP contribution in [0.2, 0.25) is 0 Å². The van der Waals surface area contributed by atoms with Crippen LogP contribution in [0.3, 0.4) is 0 Å². The Labute approximate surface area is 161 Å². The van der Waals surface area contributed by atoms with E-state index < -0.39 is 0 Å². The first kappa shape index (κ1) is 19.0. The van der Waals surface area contributed by atoms with Gasteiger partial charge in [0.25, 0.3) is 0 Å². The molecule has 1 aromatic rings. The van der Waals surface area contributed by atoms with E-state index in [2.05, 4.69) is 45.1 Å². The monoisotopic (exact) mass is 448 g/mol. The van der Waals surface area contributed by atoms with Gasteiger partial charge in [0.15, 0.2) is 5.96 Å². The van der Waals surface area contributed by atoms with E-state index in [0.717, 1.165) is 12.5 Å². The number of rotatable bonds is 4. The van der Waals surface area contributed by atoms with Crippen LogP contribution in [0.25, 0.3) is 0 Å². The van der Waals surface area contributed by atoms with Crippen LogP contribution >= 0.6 is 35.3 Å². The van der Waals surface area contributed by atoms with Crippen LogP contribution < -0.4 is 10.6 Å². The molecule has 2 heterocycles. The highest BCUT2D eigenvalue weighted by atomic mass is 127. The number of hydrogen-bond donors (Lipinski definition) is 2. The van der Waals surface area contributed by atoms with Gasteiger partial charge >= 0.3 is 0 Å². The summed E-state index contributed by atoms with van der Waals surface area (Å²) in [7, 11) is 4.13. The van der Waals surface area contributed by atoms with Crippen LogP contribution in [0.15, 0.2) is 22.5 Å². The van der Waals surface area contributed by atoms with Crippen molar-refractivity contribution in [3.8, 4) is 0 Å². The van der Waals surface area contributed by atoms with E-state index in [4.69, 9.17) is 0 Å². The first-order valence-electron chi connectivity index (χ1n) is 8.48. The fraction of sp³-hybridized carbons (Fsp3) is 0.706. The number of nitrogens with one attached hydrogen (secondary N) is 2. The summed E-state index contributed by atoms with van der Waals surface area (Å²) in [6, 6.07) is 5.63. The van der Waals surface area contributed by atoms with Crippen molar-refractivity contribution in [3.63, 3.8) is 0 Å². The van der Waals surface area contributed by atoms with E-state index in [9.17, 15) is 0 Å². The van der Waals surface area contributed by atoms with Crippen molar-refractivity contribution in [2.24, 2.45) is 10.9 Å². The minimum atomic E-state index is 0. The third-order valence-corrected chi connectivity index (χ3v) is 5.99. The molecule has 6 heteroatoms. The minimum Gasteiger partial charge on any atom is -0.356 e. The van der Waals surface area contributed by atoms with E-state index >= 15 is 0 Å². The van der Waals surface area contributed by atoms with Gasteiger partial charge in [-0.3, -0.25) is 9.89 Å². The van der Waals surface area contributed by atoms with Crippen LogP contribution in [-0.4, -0.2) is 44.1 Å². The van der Waals surface area contributed by atoms with E-state index in [0.29, 0.717) is 18.0 Å². The van der Waals surface area contributed by atoms with Crippen LogP contribution in [0.1, 0.15) is 43.0 Å². The molecule has 1 saturated heterocycles. The molecule has 2 unspecified atom stereocenters. The molecule has 1 saturated carbocycles. The highest BCUT2D eigenvalue weighted by Gasteiger charge is 2.31. The van der Waals surface area contributed by atoms with Crippen molar-refractivity contribution in [1.82, 2.24) is 15.5 Å². The number of thiophene rings is 1. The predicted octanol–water partition coefficient (Wildman–Crippen LogP) is 3.47. The molecular formula is C17H29IN4S. The fourth-order valence-electron chi connectivity index (χ4n) is 3.55. The Kier molecular flexibility index (Phi) is 7.62. The first-order valence-corrected chi connectivity index (χ1v) is 9.36. The molecule has 1 aliphatic heterocycles. The number of likely N-dealkylation sites (tertiary alicyclic amines) is 1. The van der Waals surface area contributed by atoms with Crippen molar-refractivity contribution in [3.05, 3.63) is 22.4 Å². The molecule has 3 rings (SSSR count). The molecule has 1 aromatic heterocycles. The van der Waals surface area contributed by atoms with Crippen LogP contribution in [0.4, 0.5) is 0 Å². The quantitative estimate of drug-likeness (QED) is 0.421. The second kappa shape index (κ2) is 9.22. The number of nitrogens with zero attached hydrogens (tertiary/aromatic N) is 2. The molecule has 0 amide bonds. The third kappa shape index (κ3) is 4.82. The van der Waals surface area contributed by atoms with E-state index in [1.807, 2.05) is 18.4 Å². The summed E-state index contributed by atoms with van der Waals surface area (Å²) >= 11 is 1.89. The summed E-state index contributed by atoms with van der Waals surface area (Å²) in [5.74, 6) is 1.63. The lowest BCUT2D eigenvalue weighted by atomic mass is 9.88. The SMILES string of the molecule is CN=C(NCC1CCCN(C)C1c1cccs1)NC1CCC1.I. The second-order valence-corrected chi connectivity index (χ2v) is 7.55. The van der Waals surface area contributed by atoms with Crippen molar-refractivity contribution in [2.75, 3.05) is 27.2 Å². The van der Waals surface area contributed by atoms with E-state index in [1.165, 1.54) is 43.5 Å². The molecule has 0 bridgehead atoms. The summed E-state index contributed by atoms with van der Waals surface area (Å²) in [5, 5.41) is 9.29. The Balaban J connectivity index is 0.00000192. The summed E-state index contributed by atoms with van der Waals surface area (Å²) in [6.07, 6.45) is 6.50. The number of piperidine rings is 1. The zero-order chi connectivity index (χ0) is 15.4. The number of guanidine groups is 1. The Morgan fingerprint density at radius 3 is 2.78 bits per heavy atom. The maximum atomic E-state index is 4.38. The van der Waals surface area contributed by atoms with Crippen LogP contribution in [0, 0.1) is 5.92 Å². The molecule has 0 spiro atoms. The van der Waals surface area contributed by atoms with Gasteiger partial charge in [0.2, 0.25) is 0 Å². The van der Waals surface area contributed by atoms with Crippen LogP contribution in [0.5, 0.6) is 0 Å². The Bertz CT molecular complexity index is 487. The van der Waals surface area contributed by atoms with E-state index in [1.54, 1.807) is 0 Å². The Morgan fingerprint density at radius 1 is 1.35 bits per heavy atom. The topological polar surface area (TPSA) is 39.7 Å². The second-order valence-electron chi connectivity index (χ2n) is 6.57. The number of halogens is 1. The molecule has 2 fully saturated rings. The molecule has 2 atom stereocenters. The third-order valence-electron chi connectivity index (χ3n) is 5.04. The average molecular weight is 448 g/mol. The summed E-state index contributed by atoms with van der Waals surface area (Å²) in [4.78, 5) is 8.40. The fourth-order valence-corrected chi connectivity index (χ4v) is 4.53. The van der Waals surface area contributed by atoms with Gasteiger partial charge in [-0.05, 0) is 63.1 Å². The largest absolute Gasteiger partial charge is 0.356 e. The highest BCUT2D eigenvalue weighted by Crippen LogP contribution is 2.36. The lowest BCUT2D eigenvalue weighted by Crippen LogP contribution is -2.49. The molecular weight excluding hydrogens is 419 g/mol. The smallest absolute Gasteiger partial charge is 0.191 e.